The molecule has 1 aromatic heterocycles. The van der Waals surface area contributed by atoms with Gasteiger partial charge in [-0.3, -0.25) is 4.79 Å². The van der Waals surface area contributed by atoms with E-state index in [0.29, 0.717) is 12.6 Å². The third kappa shape index (κ3) is 4.69. The Morgan fingerprint density at radius 2 is 1.95 bits per heavy atom. The molecule has 0 unspecified atom stereocenters. The van der Waals surface area contributed by atoms with Crippen LogP contribution in [0.3, 0.4) is 0 Å². The van der Waals surface area contributed by atoms with Crippen molar-refractivity contribution in [3.8, 4) is 0 Å². The molecule has 114 valence electrons. The fourth-order valence-electron chi connectivity index (χ4n) is 2.31. The number of aromatic nitrogens is 1. The van der Waals surface area contributed by atoms with Gasteiger partial charge in [-0.1, -0.05) is 18.2 Å². The summed E-state index contributed by atoms with van der Waals surface area (Å²) in [4.78, 5) is 12.0. The van der Waals surface area contributed by atoms with Gasteiger partial charge in [-0.2, -0.15) is 0 Å². The van der Waals surface area contributed by atoms with Crippen molar-refractivity contribution in [1.29, 1.82) is 0 Å². The molecule has 0 atom stereocenters. The number of fused-ring (bicyclic) bond motifs is 1. The molecule has 0 aliphatic rings. The molecule has 21 heavy (non-hydrogen) atoms. The second-order valence-electron chi connectivity index (χ2n) is 5.41. The highest BCUT2D eigenvalue weighted by Crippen LogP contribution is 2.10. The predicted octanol–water partition coefficient (Wildman–Crippen LogP) is 2.41. The Bertz CT molecular complexity index is 619. The number of para-hydroxylation sites is 1. The van der Waals surface area contributed by atoms with E-state index < -0.39 is 0 Å². The van der Waals surface area contributed by atoms with Crippen molar-refractivity contribution < 1.29 is 4.74 Å². The highest BCUT2D eigenvalue weighted by Gasteiger charge is 2.01. The number of benzene rings is 1. The van der Waals surface area contributed by atoms with Crippen LogP contribution in [0.4, 0.5) is 0 Å². The van der Waals surface area contributed by atoms with E-state index in [4.69, 9.17) is 4.74 Å². The van der Waals surface area contributed by atoms with Crippen molar-refractivity contribution >= 4 is 10.9 Å². The second kappa shape index (κ2) is 7.96. The minimum absolute atomic E-state index is 0.0543. The van der Waals surface area contributed by atoms with E-state index in [2.05, 4.69) is 5.32 Å². The van der Waals surface area contributed by atoms with Crippen LogP contribution in [0.25, 0.3) is 10.9 Å². The van der Waals surface area contributed by atoms with Gasteiger partial charge in [-0.15, -0.1) is 0 Å². The molecule has 1 heterocycles. The SMILES string of the molecule is CC(C)OCCCNCCn1c(=O)ccc2ccccc21. The van der Waals surface area contributed by atoms with E-state index in [9.17, 15) is 4.79 Å². The van der Waals surface area contributed by atoms with E-state index in [1.807, 2.05) is 48.7 Å². The fourth-order valence-corrected chi connectivity index (χ4v) is 2.31. The molecule has 1 N–H and O–H groups in total. The molecule has 0 amide bonds. The monoisotopic (exact) mass is 288 g/mol. The Balaban J connectivity index is 1.84. The van der Waals surface area contributed by atoms with Gasteiger partial charge in [0.05, 0.1) is 11.6 Å². The molecule has 0 saturated heterocycles. The molecular formula is C17H24N2O2. The average Bonchev–Trinajstić information content (AvgIpc) is 2.48. The smallest absolute Gasteiger partial charge is 0.251 e. The summed E-state index contributed by atoms with van der Waals surface area (Å²) >= 11 is 0. The van der Waals surface area contributed by atoms with Gasteiger partial charge in [0.1, 0.15) is 0 Å². The van der Waals surface area contributed by atoms with Gasteiger partial charge in [0, 0.05) is 25.8 Å². The Kier molecular flexibility index (Phi) is 5.96. The quantitative estimate of drug-likeness (QED) is 0.759. The van der Waals surface area contributed by atoms with E-state index >= 15 is 0 Å². The molecule has 0 saturated carbocycles. The molecule has 0 bridgehead atoms. The maximum absolute atomic E-state index is 12.0. The number of rotatable bonds is 8. The summed E-state index contributed by atoms with van der Waals surface area (Å²) in [7, 11) is 0. The minimum atomic E-state index is 0.0543. The molecule has 0 radical (unpaired) electrons. The molecular weight excluding hydrogens is 264 g/mol. The zero-order valence-corrected chi connectivity index (χ0v) is 12.8. The molecule has 0 aliphatic carbocycles. The summed E-state index contributed by atoms with van der Waals surface area (Å²) in [6.45, 7) is 7.24. The third-order valence-corrected chi connectivity index (χ3v) is 3.36. The number of ether oxygens (including phenoxy) is 1. The molecule has 0 spiro atoms. The second-order valence-corrected chi connectivity index (χ2v) is 5.41. The van der Waals surface area contributed by atoms with E-state index in [0.717, 1.165) is 37.0 Å². The molecule has 2 aromatic rings. The largest absolute Gasteiger partial charge is 0.379 e. The van der Waals surface area contributed by atoms with Gasteiger partial charge in [0.2, 0.25) is 0 Å². The maximum atomic E-state index is 12.0. The molecule has 2 rings (SSSR count). The molecule has 1 aromatic carbocycles. The lowest BCUT2D eigenvalue weighted by atomic mass is 10.2. The van der Waals surface area contributed by atoms with Crippen molar-refractivity contribution in [3.05, 3.63) is 46.8 Å². The number of pyridine rings is 1. The van der Waals surface area contributed by atoms with Crippen molar-refractivity contribution in [2.75, 3.05) is 19.7 Å². The van der Waals surface area contributed by atoms with Crippen LogP contribution in [0, 0.1) is 0 Å². The van der Waals surface area contributed by atoms with E-state index in [-0.39, 0.29) is 5.56 Å². The number of nitrogens with one attached hydrogen (secondary N) is 1. The van der Waals surface area contributed by atoms with Crippen LogP contribution in [0.2, 0.25) is 0 Å². The van der Waals surface area contributed by atoms with E-state index in [1.54, 1.807) is 6.07 Å². The molecule has 4 nitrogen and oxygen atoms in total. The summed E-state index contributed by atoms with van der Waals surface area (Å²) in [5.41, 5.74) is 1.05. The molecule has 0 aliphatic heterocycles. The topological polar surface area (TPSA) is 43.3 Å². The van der Waals surface area contributed by atoms with Gasteiger partial charge >= 0.3 is 0 Å². The van der Waals surface area contributed by atoms with Crippen LogP contribution in [-0.4, -0.2) is 30.4 Å². The van der Waals surface area contributed by atoms with Gasteiger partial charge in [-0.05, 0) is 44.3 Å². The lowest BCUT2D eigenvalue weighted by Gasteiger charge is -2.11. The van der Waals surface area contributed by atoms with Crippen LogP contribution >= 0.6 is 0 Å². The first-order chi connectivity index (χ1) is 10.2. The van der Waals surface area contributed by atoms with Crippen LogP contribution in [0.1, 0.15) is 20.3 Å². The first kappa shape index (κ1) is 15.7. The van der Waals surface area contributed by atoms with Crippen LogP contribution in [-0.2, 0) is 11.3 Å². The van der Waals surface area contributed by atoms with Crippen LogP contribution in [0.5, 0.6) is 0 Å². The zero-order chi connectivity index (χ0) is 15.1. The zero-order valence-electron chi connectivity index (χ0n) is 12.8. The van der Waals surface area contributed by atoms with Crippen molar-refractivity contribution in [3.63, 3.8) is 0 Å². The van der Waals surface area contributed by atoms with Gasteiger partial charge < -0.3 is 14.6 Å². The van der Waals surface area contributed by atoms with Gasteiger partial charge in [0.25, 0.3) is 5.56 Å². The highest BCUT2D eigenvalue weighted by atomic mass is 16.5. The number of hydrogen-bond acceptors (Lipinski definition) is 3. The Hall–Kier alpha value is -1.65. The first-order valence-electron chi connectivity index (χ1n) is 7.59. The Morgan fingerprint density at radius 3 is 2.76 bits per heavy atom. The lowest BCUT2D eigenvalue weighted by molar-refractivity contribution is 0.0771. The van der Waals surface area contributed by atoms with E-state index in [1.165, 1.54) is 0 Å². The standard InChI is InChI=1S/C17H24N2O2/c1-14(2)21-13-5-10-18-11-12-19-16-7-4-3-6-15(16)8-9-17(19)20/h3-4,6-9,14,18H,5,10-13H2,1-2H3. The summed E-state index contributed by atoms with van der Waals surface area (Å²) in [5.74, 6) is 0. The summed E-state index contributed by atoms with van der Waals surface area (Å²) < 4.78 is 7.31. The van der Waals surface area contributed by atoms with Crippen molar-refractivity contribution in [2.45, 2.75) is 32.9 Å². The van der Waals surface area contributed by atoms with Gasteiger partial charge in [0.15, 0.2) is 0 Å². The van der Waals surface area contributed by atoms with Crippen LogP contribution < -0.4 is 10.9 Å². The Labute approximate surface area is 125 Å². The van der Waals surface area contributed by atoms with Crippen molar-refractivity contribution in [1.82, 2.24) is 9.88 Å². The number of nitrogens with zero attached hydrogens (tertiary/aromatic N) is 1. The highest BCUT2D eigenvalue weighted by molar-refractivity contribution is 5.78. The molecule has 4 heteroatoms. The molecule has 0 fully saturated rings. The normalized spacial score (nSPS) is 11.4. The van der Waals surface area contributed by atoms with Crippen LogP contribution in [0.15, 0.2) is 41.2 Å². The van der Waals surface area contributed by atoms with Gasteiger partial charge in [-0.25, -0.2) is 0 Å². The minimum Gasteiger partial charge on any atom is -0.379 e. The third-order valence-electron chi connectivity index (χ3n) is 3.36. The fraction of sp³-hybridized carbons (Fsp3) is 0.471. The Morgan fingerprint density at radius 1 is 1.14 bits per heavy atom. The number of hydrogen-bond donors (Lipinski definition) is 1. The maximum Gasteiger partial charge on any atom is 0.251 e. The van der Waals surface area contributed by atoms with Crippen molar-refractivity contribution in [2.24, 2.45) is 0 Å². The lowest BCUT2D eigenvalue weighted by Crippen LogP contribution is -2.27. The predicted molar refractivity (Wildman–Crippen MR) is 86.8 cm³/mol. The summed E-state index contributed by atoms with van der Waals surface area (Å²) in [6, 6.07) is 11.5. The summed E-state index contributed by atoms with van der Waals surface area (Å²) in [5, 5.41) is 4.46. The first-order valence-corrected chi connectivity index (χ1v) is 7.59. The average molecular weight is 288 g/mol. The summed E-state index contributed by atoms with van der Waals surface area (Å²) in [6.07, 6.45) is 1.28.